The number of rotatable bonds is 6. The number of hydrogen-bond acceptors (Lipinski definition) is 3. The highest BCUT2D eigenvalue weighted by atomic mass is 16.3. The number of aliphatic hydroxyl groups excluding tert-OH is 2. The maximum Gasteiger partial charge on any atom is 0.0811 e. The van der Waals surface area contributed by atoms with Crippen LogP contribution in [0, 0.1) is 29.1 Å². The largest absolute Gasteiger partial charge is 0.393 e. The van der Waals surface area contributed by atoms with E-state index in [0.717, 1.165) is 36.3 Å². The number of hydrogen-bond donors (Lipinski definition) is 3. The molecule has 3 N–H and O–H groups in total. The van der Waals surface area contributed by atoms with Crippen LogP contribution in [0.25, 0.3) is 0 Å². The quantitative estimate of drug-likeness (QED) is 0.488. The van der Waals surface area contributed by atoms with Gasteiger partial charge < -0.3 is 15.3 Å². The fourth-order valence-electron chi connectivity index (χ4n) is 6.85. The van der Waals surface area contributed by atoms with Crippen LogP contribution in [0.15, 0.2) is 35.5 Å². The van der Waals surface area contributed by atoms with Crippen molar-refractivity contribution in [1.82, 2.24) is 0 Å². The van der Waals surface area contributed by atoms with Gasteiger partial charge in [0.05, 0.1) is 17.8 Å². The summed E-state index contributed by atoms with van der Waals surface area (Å²) in [5.74, 6) is 2.66. The third-order valence-corrected chi connectivity index (χ3v) is 9.05. The smallest absolute Gasteiger partial charge is 0.0811 e. The van der Waals surface area contributed by atoms with Crippen LogP contribution in [0.3, 0.4) is 0 Å². The van der Waals surface area contributed by atoms with Crippen molar-refractivity contribution in [3.8, 4) is 0 Å². The lowest BCUT2D eigenvalue weighted by atomic mass is 9.59. The molecular weight excluding hydrogens is 384 g/mol. The molecule has 0 aromatic rings. The topological polar surface area (TPSA) is 60.7 Å². The summed E-state index contributed by atoms with van der Waals surface area (Å²) in [6.45, 7) is 15.3. The molecular formula is C28H46O3. The van der Waals surface area contributed by atoms with E-state index in [4.69, 9.17) is 0 Å². The molecule has 0 saturated heterocycles. The van der Waals surface area contributed by atoms with Crippen molar-refractivity contribution < 1.29 is 15.3 Å². The zero-order chi connectivity index (χ0) is 23.0. The fraction of sp³-hybridized carbons (Fsp3) is 0.786. The van der Waals surface area contributed by atoms with Gasteiger partial charge in [-0.3, -0.25) is 0 Å². The van der Waals surface area contributed by atoms with Gasteiger partial charge in [-0.1, -0.05) is 45.1 Å². The second-order valence-electron chi connectivity index (χ2n) is 11.9. The van der Waals surface area contributed by atoms with E-state index in [1.807, 2.05) is 13.8 Å². The first-order valence-corrected chi connectivity index (χ1v) is 12.6. The van der Waals surface area contributed by atoms with Crippen molar-refractivity contribution in [2.24, 2.45) is 29.1 Å². The average Bonchev–Trinajstić information content (AvgIpc) is 3.04. The van der Waals surface area contributed by atoms with E-state index in [2.05, 4.69) is 39.5 Å². The first kappa shape index (κ1) is 24.7. The molecule has 176 valence electrons. The molecule has 31 heavy (non-hydrogen) atoms. The van der Waals surface area contributed by atoms with Gasteiger partial charge in [0, 0.05) is 6.42 Å². The Morgan fingerprint density at radius 1 is 1.19 bits per heavy atom. The fourth-order valence-corrected chi connectivity index (χ4v) is 6.85. The van der Waals surface area contributed by atoms with Gasteiger partial charge in [0.2, 0.25) is 0 Å². The minimum atomic E-state index is -0.618. The summed E-state index contributed by atoms with van der Waals surface area (Å²) in [5.41, 5.74) is 3.12. The van der Waals surface area contributed by atoms with E-state index in [1.165, 1.54) is 25.7 Å². The summed E-state index contributed by atoms with van der Waals surface area (Å²) < 4.78 is 0. The van der Waals surface area contributed by atoms with Gasteiger partial charge in [0.15, 0.2) is 0 Å². The Kier molecular flexibility index (Phi) is 7.61. The van der Waals surface area contributed by atoms with Crippen LogP contribution in [0.4, 0.5) is 0 Å². The maximum atomic E-state index is 10.2. The van der Waals surface area contributed by atoms with Crippen molar-refractivity contribution >= 4 is 0 Å². The van der Waals surface area contributed by atoms with Gasteiger partial charge in [-0.05, 0) is 105 Å². The van der Waals surface area contributed by atoms with E-state index in [1.54, 1.807) is 5.57 Å². The van der Waals surface area contributed by atoms with Gasteiger partial charge in [-0.2, -0.15) is 0 Å². The van der Waals surface area contributed by atoms with Gasteiger partial charge in [0.25, 0.3) is 0 Å². The lowest BCUT2D eigenvalue weighted by Crippen LogP contribution is -2.37. The maximum absolute atomic E-state index is 10.2. The van der Waals surface area contributed by atoms with E-state index in [9.17, 15) is 15.3 Å². The molecule has 0 heterocycles. The standard InChI is InChI=1S/C28H46O3/c1-18(13-15-27(4,5)31)19(2)24-11-12-25-21(8-7-14-28(24,25)6)9-10-22-16-23(29)17-26(30)20(22)3/h9-10,18-19,23-26,29-31H,3,7-8,11-17H2,1-2,4-6H3/b21-9+,22-10-/t18-,19+,23-,24-,25?,26+,28-/m1/s1. The van der Waals surface area contributed by atoms with Crippen LogP contribution in [0.1, 0.15) is 92.4 Å². The third kappa shape index (κ3) is 5.54. The van der Waals surface area contributed by atoms with Crippen molar-refractivity contribution in [3.63, 3.8) is 0 Å². The van der Waals surface area contributed by atoms with Crippen LogP contribution < -0.4 is 0 Å². The highest BCUT2D eigenvalue weighted by Crippen LogP contribution is 2.60. The summed E-state index contributed by atoms with van der Waals surface area (Å²) in [6.07, 6.45) is 12.6. The zero-order valence-corrected chi connectivity index (χ0v) is 20.5. The van der Waals surface area contributed by atoms with E-state index >= 15 is 0 Å². The Morgan fingerprint density at radius 3 is 2.58 bits per heavy atom. The molecule has 0 aromatic carbocycles. The molecule has 7 atom stereocenters. The molecule has 0 radical (unpaired) electrons. The van der Waals surface area contributed by atoms with E-state index in [-0.39, 0.29) is 0 Å². The lowest BCUT2D eigenvalue weighted by Gasteiger charge is -2.45. The number of aliphatic hydroxyl groups is 3. The molecule has 3 fully saturated rings. The van der Waals surface area contributed by atoms with Crippen molar-refractivity contribution in [2.45, 2.75) is 110 Å². The molecule has 3 heteroatoms. The zero-order valence-electron chi connectivity index (χ0n) is 20.5. The summed E-state index contributed by atoms with van der Waals surface area (Å²) in [7, 11) is 0. The van der Waals surface area contributed by atoms with Crippen molar-refractivity contribution in [2.75, 3.05) is 0 Å². The summed E-state index contributed by atoms with van der Waals surface area (Å²) in [4.78, 5) is 0. The molecule has 3 saturated carbocycles. The molecule has 0 aromatic heterocycles. The number of allylic oxidation sites excluding steroid dienone is 3. The SMILES string of the molecule is C=C1/C(=C\C=C2/CCC[C@@]3(C)C2CC[C@@H]3[C@@H](C)[C@H](C)CCC(C)(C)O)C[C@@H](O)C[C@@H]1O. The van der Waals surface area contributed by atoms with Crippen molar-refractivity contribution in [1.29, 1.82) is 0 Å². The average molecular weight is 431 g/mol. The van der Waals surface area contributed by atoms with Gasteiger partial charge in [0.1, 0.15) is 0 Å². The van der Waals surface area contributed by atoms with Gasteiger partial charge in [-0.25, -0.2) is 0 Å². The van der Waals surface area contributed by atoms with E-state index in [0.29, 0.717) is 36.0 Å². The molecule has 0 aliphatic heterocycles. The first-order chi connectivity index (χ1) is 14.4. The molecule has 1 unspecified atom stereocenters. The Balaban J connectivity index is 1.74. The van der Waals surface area contributed by atoms with Crippen LogP contribution in [0.5, 0.6) is 0 Å². The lowest BCUT2D eigenvalue weighted by molar-refractivity contribution is 0.0447. The van der Waals surface area contributed by atoms with Crippen LogP contribution in [-0.4, -0.2) is 33.1 Å². The Labute approximate surface area is 190 Å². The molecule has 3 aliphatic carbocycles. The monoisotopic (exact) mass is 430 g/mol. The molecule has 3 aliphatic rings. The second kappa shape index (κ2) is 9.53. The first-order valence-electron chi connectivity index (χ1n) is 12.6. The third-order valence-electron chi connectivity index (χ3n) is 9.05. The predicted octanol–water partition coefficient (Wildman–Crippen LogP) is 5.95. The predicted molar refractivity (Wildman–Crippen MR) is 129 cm³/mol. The summed E-state index contributed by atoms with van der Waals surface area (Å²) in [5, 5.41) is 30.4. The van der Waals surface area contributed by atoms with Crippen molar-refractivity contribution in [3.05, 3.63) is 35.5 Å². The second-order valence-corrected chi connectivity index (χ2v) is 11.9. The minimum absolute atomic E-state index is 0.355. The minimum Gasteiger partial charge on any atom is -0.393 e. The molecule has 0 spiro atoms. The highest BCUT2D eigenvalue weighted by Gasteiger charge is 2.51. The molecule has 3 rings (SSSR count). The normalized spacial score (nSPS) is 39.0. The molecule has 0 amide bonds. The Bertz CT molecular complexity index is 712. The van der Waals surface area contributed by atoms with Crippen LogP contribution in [-0.2, 0) is 0 Å². The summed E-state index contributed by atoms with van der Waals surface area (Å²) in [6, 6.07) is 0. The van der Waals surface area contributed by atoms with Gasteiger partial charge >= 0.3 is 0 Å². The van der Waals surface area contributed by atoms with Crippen LogP contribution in [0.2, 0.25) is 0 Å². The molecule has 0 bridgehead atoms. The Hall–Kier alpha value is -0.900. The Morgan fingerprint density at radius 2 is 1.90 bits per heavy atom. The van der Waals surface area contributed by atoms with Gasteiger partial charge in [-0.15, -0.1) is 0 Å². The van der Waals surface area contributed by atoms with Crippen LogP contribution >= 0.6 is 0 Å². The molecule has 3 nitrogen and oxygen atoms in total. The number of fused-ring (bicyclic) bond motifs is 1. The summed E-state index contributed by atoms with van der Waals surface area (Å²) >= 11 is 0. The van der Waals surface area contributed by atoms with E-state index < -0.39 is 17.8 Å². The highest BCUT2D eigenvalue weighted by molar-refractivity contribution is 5.38.